The van der Waals surface area contributed by atoms with Crippen molar-refractivity contribution in [3.8, 4) is 5.75 Å². The zero-order valence-corrected chi connectivity index (χ0v) is 17.1. The van der Waals surface area contributed by atoms with Crippen molar-refractivity contribution in [2.45, 2.75) is 25.8 Å². The summed E-state index contributed by atoms with van der Waals surface area (Å²) in [6.07, 6.45) is 3.38. The summed E-state index contributed by atoms with van der Waals surface area (Å²) in [5.41, 5.74) is 1.29. The first kappa shape index (κ1) is 20.1. The lowest BCUT2D eigenvalue weighted by atomic mass is 10.0. The molecule has 0 spiro atoms. The van der Waals surface area contributed by atoms with Crippen LogP contribution in [0.1, 0.15) is 44.9 Å². The first-order chi connectivity index (χ1) is 15.5. The summed E-state index contributed by atoms with van der Waals surface area (Å²) in [6.45, 7) is 0.759. The van der Waals surface area contributed by atoms with E-state index in [1.54, 1.807) is 18.2 Å². The number of amides is 2. The molecular formula is C22H20FN5O4. The number of halogens is 1. The normalized spacial score (nSPS) is 15.2. The number of benzene rings is 1. The van der Waals surface area contributed by atoms with Crippen LogP contribution in [0.3, 0.4) is 0 Å². The number of fused-ring (bicyclic) bond motifs is 2. The van der Waals surface area contributed by atoms with Gasteiger partial charge in [-0.05, 0) is 36.5 Å². The van der Waals surface area contributed by atoms with Gasteiger partial charge >= 0.3 is 0 Å². The Morgan fingerprint density at radius 3 is 2.84 bits per heavy atom. The fraction of sp³-hybridized carbons (Fsp3) is 0.318. The number of Topliss-reactive ketones (excluding diaryl/α,β-unsaturated/α-hetero) is 1. The van der Waals surface area contributed by atoms with Gasteiger partial charge in [-0.3, -0.25) is 14.4 Å². The van der Waals surface area contributed by atoms with Crippen LogP contribution >= 0.6 is 0 Å². The molecule has 1 aromatic carbocycles. The van der Waals surface area contributed by atoms with Gasteiger partial charge in [-0.2, -0.15) is 5.10 Å². The maximum absolute atomic E-state index is 14.2. The van der Waals surface area contributed by atoms with E-state index < -0.39 is 17.6 Å². The average molecular weight is 437 g/mol. The Balaban J connectivity index is 1.35. The summed E-state index contributed by atoms with van der Waals surface area (Å²) < 4.78 is 20.6. The van der Waals surface area contributed by atoms with Gasteiger partial charge in [0.15, 0.2) is 17.2 Å². The van der Waals surface area contributed by atoms with Crippen LogP contribution in [-0.2, 0) is 17.8 Å². The zero-order chi connectivity index (χ0) is 22.2. The maximum Gasteiger partial charge on any atom is 0.270 e. The number of aromatic nitrogens is 3. The topological polar surface area (TPSA) is 115 Å². The SMILES string of the molecule is O=C1COc2ccc(CNC(=O)c3cc(C(=O)NCC4CC4)n4ncc(F)c4n3)cc2C1. The van der Waals surface area contributed by atoms with Gasteiger partial charge < -0.3 is 15.4 Å². The number of nitrogens with zero attached hydrogens (tertiary/aromatic N) is 3. The van der Waals surface area contributed by atoms with Crippen molar-refractivity contribution in [2.75, 3.05) is 13.2 Å². The minimum absolute atomic E-state index is 0.00786. The van der Waals surface area contributed by atoms with Gasteiger partial charge in [-0.1, -0.05) is 6.07 Å². The molecule has 32 heavy (non-hydrogen) atoms. The maximum atomic E-state index is 14.2. The van der Waals surface area contributed by atoms with E-state index in [-0.39, 0.29) is 42.4 Å². The molecule has 3 heterocycles. The largest absolute Gasteiger partial charge is 0.486 e. The Hall–Kier alpha value is -3.82. The molecule has 164 valence electrons. The van der Waals surface area contributed by atoms with E-state index in [9.17, 15) is 18.8 Å². The third-order valence-electron chi connectivity index (χ3n) is 5.50. The van der Waals surface area contributed by atoms with Crippen molar-refractivity contribution in [2.24, 2.45) is 5.92 Å². The fourth-order valence-corrected chi connectivity index (χ4v) is 3.58. The molecule has 0 unspecified atom stereocenters. The predicted molar refractivity (Wildman–Crippen MR) is 110 cm³/mol. The van der Waals surface area contributed by atoms with Crippen LogP contribution in [0.4, 0.5) is 4.39 Å². The molecule has 3 aromatic rings. The quantitative estimate of drug-likeness (QED) is 0.603. The van der Waals surface area contributed by atoms with Crippen LogP contribution in [0, 0.1) is 11.7 Å². The highest BCUT2D eigenvalue weighted by Crippen LogP contribution is 2.27. The lowest BCUT2D eigenvalue weighted by Gasteiger charge is -2.17. The van der Waals surface area contributed by atoms with Gasteiger partial charge in [0.2, 0.25) is 0 Å². The first-order valence-electron chi connectivity index (χ1n) is 10.3. The van der Waals surface area contributed by atoms with Crippen molar-refractivity contribution in [3.63, 3.8) is 0 Å². The average Bonchev–Trinajstić information content (AvgIpc) is 3.56. The Morgan fingerprint density at radius 1 is 1.19 bits per heavy atom. The van der Waals surface area contributed by atoms with Crippen LogP contribution in [-0.4, -0.2) is 45.3 Å². The van der Waals surface area contributed by atoms with Gasteiger partial charge in [0, 0.05) is 31.1 Å². The Bertz CT molecular complexity index is 1250. The summed E-state index contributed by atoms with van der Waals surface area (Å²) >= 11 is 0. The van der Waals surface area contributed by atoms with E-state index in [4.69, 9.17) is 4.74 Å². The molecular weight excluding hydrogens is 417 g/mol. The summed E-state index contributed by atoms with van der Waals surface area (Å²) in [6, 6.07) is 6.66. The van der Waals surface area contributed by atoms with E-state index in [0.717, 1.165) is 34.7 Å². The van der Waals surface area contributed by atoms with Crippen LogP contribution in [0.25, 0.3) is 5.65 Å². The number of hydrogen-bond donors (Lipinski definition) is 2. The monoisotopic (exact) mass is 437 g/mol. The van der Waals surface area contributed by atoms with Crippen molar-refractivity contribution in [1.29, 1.82) is 0 Å². The summed E-state index contributed by atoms with van der Waals surface area (Å²) in [4.78, 5) is 41.0. The third-order valence-corrected chi connectivity index (χ3v) is 5.50. The predicted octanol–water partition coefficient (Wildman–Crippen LogP) is 1.44. The Morgan fingerprint density at radius 2 is 2.03 bits per heavy atom. The van der Waals surface area contributed by atoms with Crippen LogP contribution < -0.4 is 15.4 Å². The highest BCUT2D eigenvalue weighted by molar-refractivity contribution is 5.98. The number of carbonyl (C=O) groups is 3. The van der Waals surface area contributed by atoms with Crippen molar-refractivity contribution < 1.29 is 23.5 Å². The number of rotatable bonds is 6. The standard InChI is InChI=1S/C22H20FN5O4/c23-16-10-26-28-18(22(31)25-8-12-1-2-12)7-17(27-20(16)28)21(30)24-9-13-3-4-19-14(5-13)6-15(29)11-32-19/h3-5,7,10,12H,1-2,6,8-9,11H2,(H,24,30)(H,25,31). The highest BCUT2D eigenvalue weighted by Gasteiger charge is 2.24. The highest BCUT2D eigenvalue weighted by atomic mass is 19.1. The zero-order valence-electron chi connectivity index (χ0n) is 17.1. The minimum Gasteiger partial charge on any atom is -0.486 e. The number of ether oxygens (including phenoxy) is 1. The number of nitrogens with one attached hydrogen (secondary N) is 2. The van der Waals surface area contributed by atoms with Crippen LogP contribution in [0.15, 0.2) is 30.5 Å². The van der Waals surface area contributed by atoms with E-state index in [1.807, 2.05) is 0 Å². The van der Waals surface area contributed by atoms with Gasteiger partial charge in [-0.25, -0.2) is 13.9 Å². The Kier molecular flexibility index (Phi) is 5.04. The van der Waals surface area contributed by atoms with E-state index in [2.05, 4.69) is 20.7 Å². The first-order valence-corrected chi connectivity index (χ1v) is 10.3. The molecule has 2 aliphatic rings. The lowest BCUT2D eigenvalue weighted by Crippen LogP contribution is -2.30. The summed E-state index contributed by atoms with van der Waals surface area (Å²) in [5, 5.41) is 9.39. The molecule has 10 heteroatoms. The molecule has 1 fully saturated rings. The van der Waals surface area contributed by atoms with E-state index >= 15 is 0 Å². The molecule has 1 aliphatic carbocycles. The van der Waals surface area contributed by atoms with E-state index in [0.29, 0.717) is 18.2 Å². The van der Waals surface area contributed by atoms with Gasteiger partial charge in [0.05, 0.1) is 6.20 Å². The number of ketones is 1. The van der Waals surface area contributed by atoms with Crippen molar-refractivity contribution in [3.05, 3.63) is 58.8 Å². The minimum atomic E-state index is -0.727. The van der Waals surface area contributed by atoms with Gasteiger partial charge in [-0.15, -0.1) is 0 Å². The third kappa shape index (κ3) is 4.03. The second-order valence-electron chi connectivity index (χ2n) is 8.04. The van der Waals surface area contributed by atoms with Crippen LogP contribution in [0.5, 0.6) is 5.75 Å². The second kappa shape index (κ2) is 8.03. The van der Waals surface area contributed by atoms with Gasteiger partial charge in [0.25, 0.3) is 11.8 Å². The number of carbonyl (C=O) groups excluding carboxylic acids is 3. The molecule has 1 saturated carbocycles. The fourth-order valence-electron chi connectivity index (χ4n) is 3.58. The summed E-state index contributed by atoms with van der Waals surface area (Å²) in [7, 11) is 0. The van der Waals surface area contributed by atoms with Crippen molar-refractivity contribution >= 4 is 23.2 Å². The molecule has 0 atom stereocenters. The molecule has 0 bridgehead atoms. The molecule has 2 amide bonds. The van der Waals surface area contributed by atoms with Crippen molar-refractivity contribution in [1.82, 2.24) is 25.2 Å². The van der Waals surface area contributed by atoms with Crippen LogP contribution in [0.2, 0.25) is 0 Å². The smallest absolute Gasteiger partial charge is 0.270 e. The molecule has 0 radical (unpaired) electrons. The Labute approximate surface area is 182 Å². The molecule has 9 nitrogen and oxygen atoms in total. The van der Waals surface area contributed by atoms with Gasteiger partial charge in [0.1, 0.15) is 23.7 Å². The molecule has 5 rings (SSSR count). The molecule has 0 saturated heterocycles. The summed E-state index contributed by atoms with van der Waals surface area (Å²) in [5.74, 6) is -0.618. The molecule has 2 N–H and O–H groups in total. The van der Waals surface area contributed by atoms with E-state index in [1.165, 1.54) is 6.07 Å². The number of hydrogen-bond acceptors (Lipinski definition) is 6. The molecule has 1 aliphatic heterocycles. The lowest BCUT2D eigenvalue weighted by molar-refractivity contribution is -0.121. The second-order valence-corrected chi connectivity index (χ2v) is 8.04. The molecule has 2 aromatic heterocycles.